The summed E-state index contributed by atoms with van der Waals surface area (Å²) in [5, 5.41) is 11.4. The molecule has 0 aliphatic heterocycles. The van der Waals surface area contributed by atoms with Crippen LogP contribution in [-0.2, 0) is 6.42 Å². The Balaban J connectivity index is 2.63. The molecule has 0 bridgehead atoms. The van der Waals surface area contributed by atoms with Crippen LogP contribution in [0.1, 0.15) is 5.56 Å². The van der Waals surface area contributed by atoms with Crippen molar-refractivity contribution in [2.75, 3.05) is 5.88 Å². The summed E-state index contributed by atoms with van der Waals surface area (Å²) in [6, 6.07) is 7.63. The molecular formula is C10H9Cl2NS. The second kappa shape index (κ2) is 6.19. The highest BCUT2D eigenvalue weighted by Crippen LogP contribution is 2.19. The van der Waals surface area contributed by atoms with Crippen molar-refractivity contribution in [3.63, 3.8) is 0 Å². The van der Waals surface area contributed by atoms with Crippen LogP contribution in [0.5, 0.6) is 0 Å². The number of alkyl halides is 1. The van der Waals surface area contributed by atoms with E-state index in [-0.39, 0.29) is 5.25 Å². The molecule has 0 heterocycles. The van der Waals surface area contributed by atoms with Crippen LogP contribution in [0.3, 0.4) is 0 Å². The number of hydrogen-bond donors (Lipinski definition) is 0. The fourth-order valence-electron chi connectivity index (χ4n) is 1.13. The van der Waals surface area contributed by atoms with E-state index >= 15 is 0 Å². The molecule has 0 aromatic heterocycles. The first kappa shape index (κ1) is 11.7. The Morgan fingerprint density at radius 3 is 2.86 bits per heavy atom. The van der Waals surface area contributed by atoms with E-state index in [0.29, 0.717) is 5.88 Å². The maximum Gasteiger partial charge on any atom is 0.133 e. The fraction of sp³-hybridized carbons (Fsp3) is 0.300. The van der Waals surface area contributed by atoms with Gasteiger partial charge in [0.2, 0.25) is 0 Å². The van der Waals surface area contributed by atoms with Crippen LogP contribution in [0.2, 0.25) is 5.02 Å². The minimum absolute atomic E-state index is 0.139. The van der Waals surface area contributed by atoms with Gasteiger partial charge >= 0.3 is 0 Å². The summed E-state index contributed by atoms with van der Waals surface area (Å²) < 4.78 is 0. The van der Waals surface area contributed by atoms with Crippen LogP contribution >= 0.6 is 35.0 Å². The Hall–Kier alpha value is -0.360. The molecule has 0 N–H and O–H groups in total. The van der Waals surface area contributed by atoms with E-state index < -0.39 is 0 Å². The summed E-state index contributed by atoms with van der Waals surface area (Å²) in [5.41, 5.74) is 1.12. The van der Waals surface area contributed by atoms with Crippen molar-refractivity contribution in [3.8, 4) is 5.40 Å². The first-order chi connectivity index (χ1) is 6.76. The van der Waals surface area contributed by atoms with Crippen molar-refractivity contribution < 1.29 is 0 Å². The molecule has 1 rings (SSSR count). The number of hydrogen-bond acceptors (Lipinski definition) is 2. The molecule has 0 saturated heterocycles. The van der Waals surface area contributed by atoms with Gasteiger partial charge < -0.3 is 0 Å². The average Bonchev–Trinajstić information content (AvgIpc) is 2.17. The largest absolute Gasteiger partial charge is 0.185 e. The zero-order chi connectivity index (χ0) is 10.4. The van der Waals surface area contributed by atoms with Crippen LogP contribution in [0.25, 0.3) is 0 Å². The normalized spacial score (nSPS) is 12.1. The molecule has 0 aliphatic rings. The molecule has 0 fully saturated rings. The van der Waals surface area contributed by atoms with Crippen LogP contribution in [0, 0.1) is 10.7 Å². The number of rotatable bonds is 4. The average molecular weight is 246 g/mol. The number of nitriles is 1. The summed E-state index contributed by atoms with van der Waals surface area (Å²) in [6.07, 6.45) is 0.780. The van der Waals surface area contributed by atoms with Crippen molar-refractivity contribution in [1.82, 2.24) is 0 Å². The van der Waals surface area contributed by atoms with Crippen LogP contribution < -0.4 is 0 Å². The number of thiocyanates is 1. The zero-order valence-corrected chi connectivity index (χ0v) is 9.74. The standard InChI is InChI=1S/C10H9Cl2NS/c11-6-10(14-7-13)5-8-2-1-3-9(12)4-8/h1-4,10H,5-6H2. The highest BCUT2D eigenvalue weighted by molar-refractivity contribution is 8.04. The maximum atomic E-state index is 8.53. The fourth-order valence-corrected chi connectivity index (χ4v) is 2.13. The molecule has 1 aromatic carbocycles. The minimum atomic E-state index is 0.139. The van der Waals surface area contributed by atoms with E-state index in [4.69, 9.17) is 28.5 Å². The third kappa shape index (κ3) is 3.79. The van der Waals surface area contributed by atoms with Crippen molar-refractivity contribution in [1.29, 1.82) is 5.26 Å². The predicted octanol–water partition coefficient (Wildman–Crippen LogP) is 3.70. The highest BCUT2D eigenvalue weighted by atomic mass is 35.5. The molecule has 0 saturated carbocycles. The SMILES string of the molecule is N#CSC(CCl)Cc1cccc(Cl)c1. The molecule has 1 aromatic rings. The molecule has 0 aliphatic carbocycles. The summed E-state index contributed by atoms with van der Waals surface area (Å²) in [7, 11) is 0. The lowest BCUT2D eigenvalue weighted by Gasteiger charge is -2.08. The Morgan fingerprint density at radius 1 is 1.50 bits per heavy atom. The van der Waals surface area contributed by atoms with Gasteiger partial charge in [-0.25, -0.2) is 0 Å². The molecule has 74 valence electrons. The van der Waals surface area contributed by atoms with E-state index in [9.17, 15) is 0 Å². The van der Waals surface area contributed by atoms with Crippen molar-refractivity contribution in [2.24, 2.45) is 0 Å². The third-order valence-corrected chi connectivity index (χ3v) is 3.31. The number of thioether (sulfide) groups is 1. The second-order valence-corrected chi connectivity index (χ2v) is 4.65. The molecule has 0 radical (unpaired) electrons. The molecule has 0 amide bonds. The topological polar surface area (TPSA) is 23.8 Å². The van der Waals surface area contributed by atoms with E-state index in [1.54, 1.807) is 0 Å². The quantitative estimate of drug-likeness (QED) is 0.597. The minimum Gasteiger partial charge on any atom is -0.185 e. The summed E-state index contributed by atoms with van der Waals surface area (Å²) in [6.45, 7) is 0. The van der Waals surface area contributed by atoms with Gasteiger partial charge in [-0.2, -0.15) is 5.26 Å². The molecule has 14 heavy (non-hydrogen) atoms. The Kier molecular flexibility index (Phi) is 5.17. The van der Waals surface area contributed by atoms with E-state index in [1.165, 1.54) is 11.8 Å². The van der Waals surface area contributed by atoms with Gasteiger partial charge in [-0.05, 0) is 35.9 Å². The van der Waals surface area contributed by atoms with Crippen LogP contribution in [0.15, 0.2) is 24.3 Å². The lowest BCUT2D eigenvalue weighted by atomic mass is 10.1. The lowest BCUT2D eigenvalue weighted by Crippen LogP contribution is -2.07. The molecule has 4 heteroatoms. The Morgan fingerprint density at radius 2 is 2.29 bits per heavy atom. The monoisotopic (exact) mass is 245 g/mol. The lowest BCUT2D eigenvalue weighted by molar-refractivity contribution is 0.954. The van der Waals surface area contributed by atoms with Crippen LogP contribution in [0.4, 0.5) is 0 Å². The van der Waals surface area contributed by atoms with Gasteiger partial charge in [0.15, 0.2) is 0 Å². The van der Waals surface area contributed by atoms with Gasteiger partial charge in [-0.3, -0.25) is 0 Å². The maximum absolute atomic E-state index is 8.53. The first-order valence-electron chi connectivity index (χ1n) is 4.11. The third-order valence-electron chi connectivity index (χ3n) is 1.74. The second-order valence-electron chi connectivity index (χ2n) is 2.82. The zero-order valence-electron chi connectivity index (χ0n) is 7.41. The van der Waals surface area contributed by atoms with Gasteiger partial charge in [-0.15, -0.1) is 11.6 Å². The molecule has 0 spiro atoms. The van der Waals surface area contributed by atoms with Gasteiger partial charge in [0.1, 0.15) is 5.40 Å². The smallest absolute Gasteiger partial charge is 0.133 e. The summed E-state index contributed by atoms with van der Waals surface area (Å²) >= 11 is 12.8. The first-order valence-corrected chi connectivity index (χ1v) is 5.90. The number of benzene rings is 1. The van der Waals surface area contributed by atoms with Gasteiger partial charge in [-0.1, -0.05) is 23.7 Å². The van der Waals surface area contributed by atoms with Gasteiger partial charge in [0.25, 0.3) is 0 Å². The molecule has 1 atom stereocenters. The van der Waals surface area contributed by atoms with Crippen molar-refractivity contribution >= 4 is 35.0 Å². The van der Waals surface area contributed by atoms with Gasteiger partial charge in [0, 0.05) is 16.2 Å². The van der Waals surface area contributed by atoms with Crippen LogP contribution in [-0.4, -0.2) is 11.1 Å². The summed E-state index contributed by atoms with van der Waals surface area (Å²) in [4.78, 5) is 0. The number of halogens is 2. The highest BCUT2D eigenvalue weighted by Gasteiger charge is 2.08. The summed E-state index contributed by atoms with van der Waals surface area (Å²) in [5.74, 6) is 0.477. The van der Waals surface area contributed by atoms with Gasteiger partial charge in [0.05, 0.1) is 0 Å². The van der Waals surface area contributed by atoms with E-state index in [0.717, 1.165) is 17.0 Å². The van der Waals surface area contributed by atoms with E-state index in [2.05, 4.69) is 5.40 Å². The molecule has 1 nitrogen and oxygen atoms in total. The molecular weight excluding hydrogens is 237 g/mol. The van der Waals surface area contributed by atoms with Crippen molar-refractivity contribution in [2.45, 2.75) is 11.7 Å². The Labute approximate surface area is 98.0 Å². The van der Waals surface area contributed by atoms with E-state index in [1.807, 2.05) is 24.3 Å². The molecule has 1 unspecified atom stereocenters. The number of nitrogens with zero attached hydrogens (tertiary/aromatic N) is 1. The Bertz CT molecular complexity index is 335. The van der Waals surface area contributed by atoms with Crippen molar-refractivity contribution in [3.05, 3.63) is 34.9 Å². The predicted molar refractivity (Wildman–Crippen MR) is 62.9 cm³/mol.